The zero-order chi connectivity index (χ0) is 11.5. The molecule has 0 aliphatic carbocycles. The van der Waals surface area contributed by atoms with Gasteiger partial charge in [0.05, 0.1) is 6.04 Å². The number of amides is 1. The third-order valence-electron chi connectivity index (χ3n) is 2.66. The highest BCUT2D eigenvalue weighted by atomic mass is 79.9. The Kier molecular flexibility index (Phi) is 5.36. The van der Waals surface area contributed by atoms with Crippen LogP contribution < -0.4 is 10.6 Å². The zero-order valence-electron chi connectivity index (χ0n) is 9.44. The van der Waals surface area contributed by atoms with Crippen LogP contribution in [0.25, 0.3) is 0 Å². The number of rotatable bonds is 2. The summed E-state index contributed by atoms with van der Waals surface area (Å²) in [5, 5.41) is 6.04. The summed E-state index contributed by atoms with van der Waals surface area (Å²) in [5.74, 6) is 0.579. The summed E-state index contributed by atoms with van der Waals surface area (Å²) in [6.07, 6.45) is 1.94. The van der Waals surface area contributed by atoms with Crippen LogP contribution in [0.3, 0.4) is 0 Å². The van der Waals surface area contributed by atoms with Crippen molar-refractivity contribution in [3.63, 3.8) is 0 Å². The molecule has 2 N–H and O–H groups in total. The van der Waals surface area contributed by atoms with Crippen LogP contribution in [-0.4, -0.2) is 23.0 Å². The molecule has 0 aromatic carbocycles. The predicted octanol–water partition coefficient (Wildman–Crippen LogP) is 2.34. The highest BCUT2D eigenvalue weighted by molar-refractivity contribution is 9.10. The molecule has 0 spiro atoms. The fourth-order valence-corrected chi connectivity index (χ4v) is 2.17. The molecule has 0 radical (unpaired) electrons. The maximum Gasteiger partial charge on any atom is 0.242 e. The summed E-state index contributed by atoms with van der Waals surface area (Å²) in [7, 11) is 0. The minimum Gasteiger partial charge on any atom is -0.309 e. The Morgan fingerprint density at radius 3 is 2.88 bits per heavy atom. The second-order valence-electron chi connectivity index (χ2n) is 4.03. The topological polar surface area (TPSA) is 54.0 Å². The SMILES string of the molecule is CC1CCC(C(=O)Nc2cccc(Br)n2)N1.Cl. The molecule has 94 valence electrons. The lowest BCUT2D eigenvalue weighted by Gasteiger charge is -2.11. The van der Waals surface area contributed by atoms with E-state index in [1.54, 1.807) is 6.07 Å². The fourth-order valence-electron chi connectivity index (χ4n) is 1.82. The highest BCUT2D eigenvalue weighted by Gasteiger charge is 2.26. The summed E-state index contributed by atoms with van der Waals surface area (Å²) < 4.78 is 0.720. The van der Waals surface area contributed by atoms with Gasteiger partial charge in [-0.05, 0) is 47.8 Å². The molecule has 1 aromatic rings. The highest BCUT2D eigenvalue weighted by Crippen LogP contribution is 2.14. The fraction of sp³-hybridized carbons (Fsp3) is 0.455. The normalized spacial score (nSPS) is 22.9. The summed E-state index contributed by atoms with van der Waals surface area (Å²) in [4.78, 5) is 16.0. The van der Waals surface area contributed by atoms with Crippen molar-refractivity contribution in [1.29, 1.82) is 0 Å². The van der Waals surface area contributed by atoms with Gasteiger partial charge in [0.15, 0.2) is 0 Å². The van der Waals surface area contributed by atoms with Gasteiger partial charge in [0, 0.05) is 6.04 Å². The van der Waals surface area contributed by atoms with Gasteiger partial charge >= 0.3 is 0 Å². The first-order valence-electron chi connectivity index (χ1n) is 5.34. The quantitative estimate of drug-likeness (QED) is 0.823. The molecule has 2 atom stereocenters. The maximum absolute atomic E-state index is 11.8. The van der Waals surface area contributed by atoms with Gasteiger partial charge in [-0.25, -0.2) is 4.98 Å². The Hall–Kier alpha value is -0.650. The van der Waals surface area contributed by atoms with E-state index in [9.17, 15) is 4.79 Å². The Bertz CT molecular complexity index is 402. The number of nitrogens with one attached hydrogen (secondary N) is 2. The second-order valence-corrected chi connectivity index (χ2v) is 4.84. The molecule has 1 aliphatic rings. The monoisotopic (exact) mass is 319 g/mol. The van der Waals surface area contributed by atoms with Crippen LogP contribution in [0, 0.1) is 0 Å². The van der Waals surface area contributed by atoms with E-state index in [1.165, 1.54) is 0 Å². The number of nitrogens with zero attached hydrogens (tertiary/aromatic N) is 1. The van der Waals surface area contributed by atoms with Gasteiger partial charge < -0.3 is 10.6 Å². The minimum absolute atomic E-state index is 0. The number of aromatic nitrogens is 1. The van der Waals surface area contributed by atoms with Gasteiger partial charge in [-0.2, -0.15) is 0 Å². The largest absolute Gasteiger partial charge is 0.309 e. The van der Waals surface area contributed by atoms with Crippen LogP contribution in [0.2, 0.25) is 0 Å². The van der Waals surface area contributed by atoms with Crippen LogP contribution in [0.15, 0.2) is 22.8 Å². The van der Waals surface area contributed by atoms with E-state index < -0.39 is 0 Å². The second kappa shape index (κ2) is 6.33. The molecule has 0 bridgehead atoms. The maximum atomic E-state index is 11.8. The van der Waals surface area contributed by atoms with E-state index in [4.69, 9.17) is 0 Å². The van der Waals surface area contributed by atoms with Crippen molar-refractivity contribution in [3.8, 4) is 0 Å². The molecule has 4 nitrogen and oxygen atoms in total. The van der Waals surface area contributed by atoms with Crippen LogP contribution in [0.4, 0.5) is 5.82 Å². The van der Waals surface area contributed by atoms with Gasteiger partial charge in [0.1, 0.15) is 10.4 Å². The lowest BCUT2D eigenvalue weighted by Crippen LogP contribution is -2.38. The summed E-state index contributed by atoms with van der Waals surface area (Å²) >= 11 is 3.27. The van der Waals surface area contributed by atoms with Gasteiger partial charge in [-0.15, -0.1) is 12.4 Å². The Labute approximate surface area is 115 Å². The van der Waals surface area contributed by atoms with E-state index in [1.807, 2.05) is 12.1 Å². The first-order chi connectivity index (χ1) is 7.65. The molecule has 6 heteroatoms. The van der Waals surface area contributed by atoms with Crippen LogP contribution in [0.5, 0.6) is 0 Å². The summed E-state index contributed by atoms with van der Waals surface area (Å²) in [6, 6.07) is 5.78. The molecule has 1 aliphatic heterocycles. The molecular weight excluding hydrogens is 305 g/mol. The first-order valence-corrected chi connectivity index (χ1v) is 6.14. The van der Waals surface area contributed by atoms with Crippen molar-refractivity contribution in [2.75, 3.05) is 5.32 Å². The van der Waals surface area contributed by atoms with Crippen molar-refractivity contribution in [2.24, 2.45) is 0 Å². The van der Waals surface area contributed by atoms with Crippen LogP contribution in [-0.2, 0) is 4.79 Å². The van der Waals surface area contributed by atoms with E-state index in [0.29, 0.717) is 11.9 Å². The molecule has 1 saturated heterocycles. The van der Waals surface area contributed by atoms with Crippen molar-refractivity contribution in [1.82, 2.24) is 10.3 Å². The molecule has 2 rings (SSSR count). The molecule has 0 saturated carbocycles. The van der Waals surface area contributed by atoms with Gasteiger partial charge in [-0.3, -0.25) is 4.79 Å². The smallest absolute Gasteiger partial charge is 0.242 e. The van der Waals surface area contributed by atoms with Gasteiger partial charge in [0.2, 0.25) is 5.91 Å². The van der Waals surface area contributed by atoms with Crippen molar-refractivity contribution in [3.05, 3.63) is 22.8 Å². The standard InChI is InChI=1S/C11H14BrN3O.ClH/c1-7-5-6-8(13-7)11(16)15-10-4-2-3-9(12)14-10;/h2-4,7-8,13H,5-6H2,1H3,(H,14,15,16);1H. The van der Waals surface area contributed by atoms with E-state index in [2.05, 4.69) is 38.5 Å². The molecule has 1 amide bonds. The van der Waals surface area contributed by atoms with Crippen LogP contribution in [0.1, 0.15) is 19.8 Å². The predicted molar refractivity (Wildman–Crippen MR) is 73.4 cm³/mol. The average Bonchev–Trinajstić information content (AvgIpc) is 2.65. The van der Waals surface area contributed by atoms with Gasteiger partial charge in [-0.1, -0.05) is 6.07 Å². The lowest BCUT2D eigenvalue weighted by atomic mass is 10.2. The third kappa shape index (κ3) is 3.94. The minimum atomic E-state index is -0.0872. The lowest BCUT2D eigenvalue weighted by molar-refractivity contribution is -0.117. The molecule has 1 aromatic heterocycles. The number of carbonyl (C=O) groups excluding carboxylic acids is 1. The molecule has 2 heterocycles. The van der Waals surface area contributed by atoms with Gasteiger partial charge in [0.25, 0.3) is 0 Å². The summed E-state index contributed by atoms with van der Waals surface area (Å²) in [6.45, 7) is 2.09. The third-order valence-corrected chi connectivity index (χ3v) is 3.10. The molecular formula is C11H15BrClN3O. The van der Waals surface area contributed by atoms with E-state index >= 15 is 0 Å². The molecule has 2 unspecified atom stereocenters. The van der Waals surface area contributed by atoms with Crippen molar-refractivity contribution in [2.45, 2.75) is 31.8 Å². The summed E-state index contributed by atoms with van der Waals surface area (Å²) in [5.41, 5.74) is 0. The Balaban J connectivity index is 0.00000144. The average molecular weight is 321 g/mol. The number of anilines is 1. The number of hydrogen-bond donors (Lipinski definition) is 2. The number of hydrogen-bond acceptors (Lipinski definition) is 3. The van der Waals surface area contributed by atoms with Crippen LogP contribution >= 0.6 is 28.3 Å². The van der Waals surface area contributed by atoms with E-state index in [0.717, 1.165) is 17.4 Å². The number of halogens is 2. The van der Waals surface area contributed by atoms with E-state index in [-0.39, 0.29) is 24.4 Å². The van der Waals surface area contributed by atoms with Crippen molar-refractivity contribution < 1.29 is 4.79 Å². The Morgan fingerprint density at radius 2 is 2.29 bits per heavy atom. The zero-order valence-corrected chi connectivity index (χ0v) is 11.8. The number of pyridine rings is 1. The number of carbonyl (C=O) groups is 1. The molecule has 17 heavy (non-hydrogen) atoms. The van der Waals surface area contributed by atoms with Crippen molar-refractivity contribution >= 4 is 40.1 Å². The Morgan fingerprint density at radius 1 is 1.53 bits per heavy atom. The molecule has 1 fully saturated rings. The first kappa shape index (κ1) is 14.4.